The van der Waals surface area contributed by atoms with E-state index in [2.05, 4.69) is 15.0 Å². The maximum Gasteiger partial charge on any atom is 0.185 e. The van der Waals surface area contributed by atoms with Crippen LogP contribution in [0.1, 0.15) is 16.1 Å². The van der Waals surface area contributed by atoms with Gasteiger partial charge in [-0.25, -0.2) is 14.4 Å². The van der Waals surface area contributed by atoms with Crippen LogP contribution in [0.2, 0.25) is 0 Å². The van der Waals surface area contributed by atoms with Crippen molar-refractivity contribution in [2.45, 2.75) is 6.61 Å². The molecule has 0 bridgehead atoms. The van der Waals surface area contributed by atoms with Crippen molar-refractivity contribution in [1.82, 2.24) is 15.0 Å². The summed E-state index contributed by atoms with van der Waals surface area (Å²) in [5.74, 6) is 1.15. The first kappa shape index (κ1) is 19.6. The Labute approximate surface area is 182 Å². The molecule has 0 saturated heterocycles. The molecule has 0 aliphatic rings. The highest BCUT2D eigenvalue weighted by Gasteiger charge is 2.12. The van der Waals surface area contributed by atoms with Gasteiger partial charge in [-0.05, 0) is 60.2 Å². The summed E-state index contributed by atoms with van der Waals surface area (Å²) in [6.45, 7) is 0.344. The van der Waals surface area contributed by atoms with E-state index in [9.17, 15) is 9.18 Å². The predicted molar refractivity (Wildman–Crippen MR) is 117 cm³/mol. The Bertz CT molecular complexity index is 1400. The van der Waals surface area contributed by atoms with Crippen molar-refractivity contribution in [3.8, 4) is 28.5 Å². The highest BCUT2D eigenvalue weighted by Crippen LogP contribution is 2.30. The van der Waals surface area contributed by atoms with Crippen molar-refractivity contribution >= 4 is 17.2 Å². The van der Waals surface area contributed by atoms with Gasteiger partial charge in [-0.3, -0.25) is 9.78 Å². The van der Waals surface area contributed by atoms with E-state index in [1.54, 1.807) is 30.5 Å². The second-order valence-corrected chi connectivity index (χ2v) is 7.07. The minimum Gasteiger partial charge on any atom is -0.489 e. The van der Waals surface area contributed by atoms with Gasteiger partial charge in [0.1, 0.15) is 30.2 Å². The number of aromatic nitrogens is 3. The molecule has 6 nitrogen and oxygen atoms in total. The highest BCUT2D eigenvalue weighted by molar-refractivity contribution is 5.93. The summed E-state index contributed by atoms with van der Waals surface area (Å²) >= 11 is 0. The molecular weight excluding hydrogens is 409 g/mol. The molecule has 0 spiro atoms. The number of rotatable bonds is 6. The molecule has 0 saturated carbocycles. The largest absolute Gasteiger partial charge is 0.489 e. The second-order valence-electron chi connectivity index (χ2n) is 7.07. The quantitative estimate of drug-likeness (QED) is 0.335. The van der Waals surface area contributed by atoms with E-state index in [0.29, 0.717) is 35.6 Å². The van der Waals surface area contributed by atoms with Gasteiger partial charge in [0.05, 0.1) is 17.4 Å². The standard InChI is InChI=1S/C25H16FN3O3/c26-18-5-1-16(2-6-18)14-31-19-7-3-17(4-8-19)25-21-11-22(24-10-9-20(13-30)32-24)27-12-23(21)28-15-29-25/h1-13,15H,14H2. The summed E-state index contributed by atoms with van der Waals surface area (Å²) in [5.41, 5.74) is 3.79. The topological polar surface area (TPSA) is 78.1 Å². The number of carbonyl (C=O) groups is 1. The number of aldehydes is 1. The van der Waals surface area contributed by atoms with Gasteiger partial charge in [-0.1, -0.05) is 12.1 Å². The van der Waals surface area contributed by atoms with Crippen molar-refractivity contribution in [3.63, 3.8) is 0 Å². The summed E-state index contributed by atoms with van der Waals surface area (Å²) in [7, 11) is 0. The van der Waals surface area contributed by atoms with Crippen LogP contribution in [0.15, 0.2) is 83.7 Å². The molecule has 2 aromatic carbocycles. The van der Waals surface area contributed by atoms with E-state index in [0.717, 1.165) is 22.2 Å². The van der Waals surface area contributed by atoms with Crippen LogP contribution >= 0.6 is 0 Å². The number of fused-ring (bicyclic) bond motifs is 1. The smallest absolute Gasteiger partial charge is 0.185 e. The van der Waals surface area contributed by atoms with Crippen LogP contribution in [0, 0.1) is 5.82 Å². The number of carbonyl (C=O) groups excluding carboxylic acids is 1. The zero-order valence-corrected chi connectivity index (χ0v) is 16.7. The molecule has 156 valence electrons. The highest BCUT2D eigenvalue weighted by atomic mass is 19.1. The number of hydrogen-bond acceptors (Lipinski definition) is 6. The van der Waals surface area contributed by atoms with Crippen molar-refractivity contribution in [2.75, 3.05) is 0 Å². The number of pyridine rings is 1. The second kappa shape index (κ2) is 8.39. The van der Waals surface area contributed by atoms with Crippen LogP contribution in [-0.4, -0.2) is 21.2 Å². The number of furan rings is 1. The Hall–Kier alpha value is -4.39. The molecule has 3 heterocycles. The molecule has 0 atom stereocenters. The van der Waals surface area contributed by atoms with E-state index in [1.165, 1.54) is 18.5 Å². The van der Waals surface area contributed by atoms with E-state index in [1.807, 2.05) is 30.3 Å². The lowest BCUT2D eigenvalue weighted by Crippen LogP contribution is -1.96. The third-order valence-electron chi connectivity index (χ3n) is 4.96. The summed E-state index contributed by atoms with van der Waals surface area (Å²) in [6, 6.07) is 18.9. The van der Waals surface area contributed by atoms with Crippen LogP contribution in [0.25, 0.3) is 33.6 Å². The Morgan fingerprint density at radius 2 is 1.75 bits per heavy atom. The van der Waals surface area contributed by atoms with Gasteiger partial charge in [-0.2, -0.15) is 0 Å². The minimum atomic E-state index is -0.273. The lowest BCUT2D eigenvalue weighted by Gasteiger charge is -2.09. The third kappa shape index (κ3) is 3.96. The fourth-order valence-electron chi connectivity index (χ4n) is 3.33. The van der Waals surface area contributed by atoms with Crippen LogP contribution in [-0.2, 0) is 6.61 Å². The molecule has 5 rings (SSSR count). The zero-order chi connectivity index (χ0) is 21.9. The maximum absolute atomic E-state index is 13.0. The lowest BCUT2D eigenvalue weighted by atomic mass is 10.1. The summed E-state index contributed by atoms with van der Waals surface area (Å²) in [5, 5.41) is 0.807. The van der Waals surface area contributed by atoms with E-state index < -0.39 is 0 Å². The summed E-state index contributed by atoms with van der Waals surface area (Å²) < 4.78 is 24.3. The van der Waals surface area contributed by atoms with Crippen molar-refractivity contribution < 1.29 is 18.3 Å². The fourth-order valence-corrected chi connectivity index (χ4v) is 3.33. The molecule has 0 unspecified atom stereocenters. The molecule has 3 aromatic heterocycles. The van der Waals surface area contributed by atoms with E-state index in [4.69, 9.17) is 9.15 Å². The molecule has 5 aromatic rings. The van der Waals surface area contributed by atoms with Gasteiger partial charge in [0.25, 0.3) is 0 Å². The summed E-state index contributed by atoms with van der Waals surface area (Å²) in [4.78, 5) is 24.1. The molecule has 0 fully saturated rings. The SMILES string of the molecule is O=Cc1ccc(-c2cc3c(-c4ccc(OCc5ccc(F)cc5)cc4)ncnc3cn2)o1. The van der Waals surface area contributed by atoms with E-state index >= 15 is 0 Å². The molecule has 0 aliphatic heterocycles. The van der Waals surface area contributed by atoms with Gasteiger partial charge in [0.2, 0.25) is 0 Å². The van der Waals surface area contributed by atoms with Crippen LogP contribution in [0.3, 0.4) is 0 Å². The molecule has 0 N–H and O–H groups in total. The third-order valence-corrected chi connectivity index (χ3v) is 4.96. The Kier molecular flexibility index (Phi) is 5.13. The summed E-state index contributed by atoms with van der Waals surface area (Å²) in [6.07, 6.45) is 3.80. The van der Waals surface area contributed by atoms with Gasteiger partial charge in [0.15, 0.2) is 17.8 Å². The Morgan fingerprint density at radius 1 is 0.938 bits per heavy atom. The fraction of sp³-hybridized carbons (Fsp3) is 0.0400. The number of nitrogens with zero attached hydrogens (tertiary/aromatic N) is 3. The number of halogens is 1. The number of ether oxygens (including phenoxy) is 1. The van der Waals surface area contributed by atoms with Crippen molar-refractivity contribution in [2.24, 2.45) is 0 Å². The first-order chi connectivity index (χ1) is 15.7. The number of hydrogen-bond donors (Lipinski definition) is 0. The minimum absolute atomic E-state index is 0.239. The molecule has 32 heavy (non-hydrogen) atoms. The average molecular weight is 425 g/mol. The predicted octanol–water partition coefficient (Wildman–Crippen LogP) is 5.48. The normalized spacial score (nSPS) is 10.9. The average Bonchev–Trinajstić information content (AvgIpc) is 3.33. The molecule has 0 radical (unpaired) electrons. The van der Waals surface area contributed by atoms with Gasteiger partial charge in [-0.15, -0.1) is 0 Å². The monoisotopic (exact) mass is 425 g/mol. The van der Waals surface area contributed by atoms with Crippen LogP contribution in [0.4, 0.5) is 4.39 Å². The van der Waals surface area contributed by atoms with Gasteiger partial charge >= 0.3 is 0 Å². The van der Waals surface area contributed by atoms with Crippen LogP contribution < -0.4 is 4.74 Å². The van der Waals surface area contributed by atoms with Crippen molar-refractivity contribution in [1.29, 1.82) is 0 Å². The number of benzene rings is 2. The maximum atomic E-state index is 13.0. The van der Waals surface area contributed by atoms with E-state index in [-0.39, 0.29) is 11.6 Å². The first-order valence-electron chi connectivity index (χ1n) is 9.83. The van der Waals surface area contributed by atoms with Gasteiger partial charge in [0, 0.05) is 10.9 Å². The molecular formula is C25H16FN3O3. The lowest BCUT2D eigenvalue weighted by molar-refractivity contribution is 0.110. The Morgan fingerprint density at radius 3 is 2.50 bits per heavy atom. The Balaban J connectivity index is 1.42. The molecule has 7 heteroatoms. The molecule has 0 amide bonds. The molecule has 0 aliphatic carbocycles. The van der Waals surface area contributed by atoms with Crippen molar-refractivity contribution in [3.05, 3.63) is 96.4 Å². The zero-order valence-electron chi connectivity index (χ0n) is 16.7. The first-order valence-corrected chi connectivity index (χ1v) is 9.83. The van der Waals surface area contributed by atoms with Crippen LogP contribution in [0.5, 0.6) is 5.75 Å². The van der Waals surface area contributed by atoms with Gasteiger partial charge < -0.3 is 9.15 Å².